The summed E-state index contributed by atoms with van der Waals surface area (Å²) in [5.41, 5.74) is 2.54. The van der Waals surface area contributed by atoms with E-state index in [0.29, 0.717) is 17.9 Å². The number of methoxy groups -OCH3 is 2. The Morgan fingerprint density at radius 3 is 2.46 bits per heavy atom. The predicted octanol–water partition coefficient (Wildman–Crippen LogP) is 2.69. The van der Waals surface area contributed by atoms with Crippen LogP contribution in [0.2, 0.25) is 0 Å². The second kappa shape index (κ2) is 9.46. The highest BCUT2D eigenvalue weighted by Gasteiger charge is 2.14. The van der Waals surface area contributed by atoms with Crippen LogP contribution in [0, 0.1) is 0 Å². The van der Waals surface area contributed by atoms with Crippen LogP contribution in [-0.2, 0) is 17.8 Å². The zero-order chi connectivity index (χ0) is 18.9. The molecule has 0 radical (unpaired) electrons. The fourth-order valence-electron chi connectivity index (χ4n) is 2.63. The van der Waals surface area contributed by atoms with Gasteiger partial charge in [-0.1, -0.05) is 36.4 Å². The van der Waals surface area contributed by atoms with Gasteiger partial charge in [-0.25, -0.2) is 4.79 Å². The van der Waals surface area contributed by atoms with E-state index in [0.717, 1.165) is 18.1 Å². The molecule has 0 fully saturated rings. The van der Waals surface area contributed by atoms with E-state index >= 15 is 0 Å². The van der Waals surface area contributed by atoms with Gasteiger partial charge in [-0.05, 0) is 23.3 Å². The molecule has 1 N–H and O–H groups in total. The first-order chi connectivity index (χ1) is 12.6. The monoisotopic (exact) mass is 355 g/mol. The van der Waals surface area contributed by atoms with Crippen molar-refractivity contribution >= 4 is 11.9 Å². The predicted molar refractivity (Wildman–Crippen MR) is 102 cm³/mol. The van der Waals surface area contributed by atoms with Gasteiger partial charge in [0.2, 0.25) is 0 Å². The Labute approximate surface area is 154 Å². The van der Waals surface area contributed by atoms with E-state index in [1.165, 1.54) is 19.8 Å². The number of hydrogen-bond donors (Lipinski definition) is 1. The van der Waals surface area contributed by atoms with Gasteiger partial charge in [0.1, 0.15) is 11.3 Å². The average molecular weight is 355 g/mol. The fourth-order valence-corrected chi connectivity index (χ4v) is 2.63. The number of nitrogens with zero attached hydrogens (tertiary/aromatic N) is 2. The molecule has 0 amide bonds. The first kappa shape index (κ1) is 19.3. The Morgan fingerprint density at radius 1 is 1.12 bits per heavy atom. The summed E-state index contributed by atoms with van der Waals surface area (Å²) in [6.45, 7) is 1.27. The van der Waals surface area contributed by atoms with Crippen LogP contribution < -0.4 is 10.1 Å². The van der Waals surface area contributed by atoms with Gasteiger partial charge in [-0.15, -0.1) is 0 Å². The van der Waals surface area contributed by atoms with Crippen LogP contribution in [0.3, 0.4) is 0 Å². The number of carbonyl (C=O) groups excluding carboxylic acids is 1. The van der Waals surface area contributed by atoms with Gasteiger partial charge >= 0.3 is 5.97 Å². The van der Waals surface area contributed by atoms with Gasteiger partial charge in [-0.3, -0.25) is 4.99 Å². The first-order valence-electron chi connectivity index (χ1n) is 8.30. The van der Waals surface area contributed by atoms with Crippen LogP contribution in [0.4, 0.5) is 0 Å². The molecule has 6 nitrogen and oxygen atoms in total. The lowest BCUT2D eigenvalue weighted by atomic mass is 10.1. The number of nitrogens with one attached hydrogen (secondary N) is 1. The number of carbonyl (C=O) groups is 1. The molecule has 0 spiro atoms. The second-order valence-electron chi connectivity index (χ2n) is 5.77. The molecule has 0 unspecified atom stereocenters. The van der Waals surface area contributed by atoms with Crippen LogP contribution in [0.15, 0.2) is 53.5 Å². The number of benzene rings is 2. The van der Waals surface area contributed by atoms with Crippen molar-refractivity contribution in [3.8, 4) is 5.75 Å². The number of rotatable bonds is 6. The molecule has 0 bridgehead atoms. The molecule has 0 heterocycles. The molecule has 26 heavy (non-hydrogen) atoms. The summed E-state index contributed by atoms with van der Waals surface area (Å²) in [5.74, 6) is 0.838. The van der Waals surface area contributed by atoms with Gasteiger partial charge in [0, 0.05) is 27.2 Å². The molecule has 0 saturated heterocycles. The highest BCUT2D eigenvalue weighted by molar-refractivity contribution is 5.92. The maximum Gasteiger partial charge on any atom is 0.341 e. The smallest absolute Gasteiger partial charge is 0.341 e. The van der Waals surface area contributed by atoms with Crippen molar-refractivity contribution in [1.82, 2.24) is 10.2 Å². The van der Waals surface area contributed by atoms with Crippen molar-refractivity contribution in [2.75, 3.05) is 28.3 Å². The van der Waals surface area contributed by atoms with Crippen molar-refractivity contribution in [3.63, 3.8) is 0 Å². The molecular weight excluding hydrogens is 330 g/mol. The molecule has 2 rings (SSSR count). The molecule has 0 saturated carbocycles. The van der Waals surface area contributed by atoms with Crippen molar-refractivity contribution in [2.24, 2.45) is 4.99 Å². The number of ether oxygens (including phenoxy) is 2. The van der Waals surface area contributed by atoms with E-state index in [4.69, 9.17) is 9.47 Å². The summed E-state index contributed by atoms with van der Waals surface area (Å²) in [5, 5.41) is 3.31. The topological polar surface area (TPSA) is 63.2 Å². The Morgan fingerprint density at radius 2 is 1.85 bits per heavy atom. The van der Waals surface area contributed by atoms with Crippen molar-refractivity contribution in [1.29, 1.82) is 0 Å². The third-order valence-electron chi connectivity index (χ3n) is 3.96. The van der Waals surface area contributed by atoms with Crippen molar-refractivity contribution in [3.05, 3.63) is 65.2 Å². The van der Waals surface area contributed by atoms with E-state index in [9.17, 15) is 4.79 Å². The summed E-state index contributed by atoms with van der Waals surface area (Å²) in [6, 6.07) is 15.6. The minimum Gasteiger partial charge on any atom is -0.496 e. The summed E-state index contributed by atoms with van der Waals surface area (Å²) >= 11 is 0. The van der Waals surface area contributed by atoms with E-state index in [1.807, 2.05) is 36.2 Å². The molecular formula is C20H25N3O3. The van der Waals surface area contributed by atoms with E-state index < -0.39 is 5.97 Å². The normalized spacial score (nSPS) is 11.0. The van der Waals surface area contributed by atoms with E-state index in [2.05, 4.69) is 22.4 Å². The fraction of sp³-hybridized carbons (Fsp3) is 0.300. The lowest BCUT2D eigenvalue weighted by molar-refractivity contribution is 0.0597. The average Bonchev–Trinajstić information content (AvgIpc) is 2.68. The van der Waals surface area contributed by atoms with Crippen molar-refractivity contribution < 1.29 is 14.3 Å². The van der Waals surface area contributed by atoms with Crippen LogP contribution in [-0.4, -0.2) is 45.1 Å². The quantitative estimate of drug-likeness (QED) is 0.490. The number of esters is 1. The zero-order valence-corrected chi connectivity index (χ0v) is 15.7. The van der Waals surface area contributed by atoms with E-state index in [1.54, 1.807) is 19.2 Å². The number of aliphatic imine (C=N–C) groups is 1. The minimum atomic E-state index is -0.422. The van der Waals surface area contributed by atoms with Gasteiger partial charge in [0.05, 0.1) is 14.2 Å². The third-order valence-corrected chi connectivity index (χ3v) is 3.96. The molecule has 0 atom stereocenters. The lowest BCUT2D eigenvalue weighted by Crippen LogP contribution is -2.38. The Bertz CT molecular complexity index is 760. The van der Waals surface area contributed by atoms with Crippen LogP contribution in [0.25, 0.3) is 0 Å². The summed E-state index contributed by atoms with van der Waals surface area (Å²) in [7, 11) is 6.61. The van der Waals surface area contributed by atoms with Crippen LogP contribution in [0.1, 0.15) is 21.5 Å². The Hall–Kier alpha value is -3.02. The van der Waals surface area contributed by atoms with Crippen LogP contribution in [0.5, 0.6) is 5.75 Å². The minimum absolute atomic E-state index is 0.405. The van der Waals surface area contributed by atoms with Gasteiger partial charge in [-0.2, -0.15) is 0 Å². The SMILES string of the molecule is CN=C(NCc1ccc(OC)c(C(=O)OC)c1)N(C)Cc1ccccc1. The van der Waals surface area contributed by atoms with E-state index in [-0.39, 0.29) is 0 Å². The summed E-state index contributed by atoms with van der Waals surface area (Å²) in [6.07, 6.45) is 0. The number of guanidine groups is 1. The number of hydrogen-bond acceptors (Lipinski definition) is 4. The maximum absolute atomic E-state index is 11.9. The molecule has 2 aromatic carbocycles. The Balaban J connectivity index is 2.05. The van der Waals surface area contributed by atoms with Crippen molar-refractivity contribution in [2.45, 2.75) is 13.1 Å². The molecule has 138 valence electrons. The highest BCUT2D eigenvalue weighted by atomic mass is 16.5. The first-order valence-corrected chi connectivity index (χ1v) is 8.30. The molecule has 6 heteroatoms. The molecule has 2 aromatic rings. The molecule has 0 aliphatic carbocycles. The maximum atomic E-state index is 11.9. The van der Waals surface area contributed by atoms with Crippen LogP contribution >= 0.6 is 0 Å². The standard InChI is InChI=1S/C20H25N3O3/c1-21-20(23(2)14-15-8-6-5-7-9-15)22-13-16-10-11-18(25-3)17(12-16)19(24)26-4/h5-12H,13-14H2,1-4H3,(H,21,22). The lowest BCUT2D eigenvalue weighted by Gasteiger charge is -2.22. The zero-order valence-electron chi connectivity index (χ0n) is 15.7. The largest absolute Gasteiger partial charge is 0.496 e. The van der Waals surface area contributed by atoms with Gasteiger partial charge in [0.25, 0.3) is 0 Å². The third kappa shape index (κ3) is 4.99. The van der Waals surface area contributed by atoms with Gasteiger partial charge < -0.3 is 19.7 Å². The second-order valence-corrected chi connectivity index (χ2v) is 5.77. The molecule has 0 aliphatic heterocycles. The van der Waals surface area contributed by atoms with Gasteiger partial charge in [0.15, 0.2) is 5.96 Å². The Kier molecular flexibility index (Phi) is 7.02. The summed E-state index contributed by atoms with van der Waals surface area (Å²) in [4.78, 5) is 18.3. The summed E-state index contributed by atoms with van der Waals surface area (Å²) < 4.78 is 10.0. The highest BCUT2D eigenvalue weighted by Crippen LogP contribution is 2.20. The molecule has 0 aromatic heterocycles. The molecule has 0 aliphatic rings.